The van der Waals surface area contributed by atoms with E-state index in [2.05, 4.69) is 0 Å². The summed E-state index contributed by atoms with van der Waals surface area (Å²) in [4.78, 5) is 0. The van der Waals surface area contributed by atoms with Crippen LogP contribution in [-0.4, -0.2) is 37.6 Å². The number of ether oxygens (including phenoxy) is 3. The number of hydrogen-bond donors (Lipinski definition) is 1. The average molecular weight is 282 g/mol. The zero-order chi connectivity index (χ0) is 15.2. The Morgan fingerprint density at radius 2 is 1.75 bits per heavy atom. The fraction of sp³-hybridized carbons (Fsp3) is 0.625. The maximum Gasteiger partial charge on any atom is 0.118 e. The topological polar surface area (TPSA) is 47.9 Å². The lowest BCUT2D eigenvalue weighted by Gasteiger charge is -2.25. The van der Waals surface area contributed by atoms with Crippen molar-refractivity contribution < 1.29 is 19.3 Å². The van der Waals surface area contributed by atoms with Crippen molar-refractivity contribution in [2.75, 3.05) is 20.8 Å². The summed E-state index contributed by atoms with van der Waals surface area (Å²) in [5, 5.41) is 10.2. The summed E-state index contributed by atoms with van der Waals surface area (Å²) in [5.74, 6) is 0.774. The molecular formula is C16H26O4. The quantitative estimate of drug-likeness (QED) is 0.796. The Bertz CT molecular complexity index is 386. The van der Waals surface area contributed by atoms with Crippen LogP contribution in [0.15, 0.2) is 24.3 Å². The molecule has 0 aliphatic rings. The Balaban J connectivity index is 2.47. The predicted molar refractivity (Wildman–Crippen MR) is 79.1 cm³/mol. The predicted octanol–water partition coefficient (Wildman–Crippen LogP) is 2.95. The smallest absolute Gasteiger partial charge is 0.118 e. The van der Waals surface area contributed by atoms with E-state index in [1.807, 2.05) is 45.0 Å². The van der Waals surface area contributed by atoms with Gasteiger partial charge in [-0.1, -0.05) is 12.1 Å². The highest BCUT2D eigenvalue weighted by molar-refractivity contribution is 5.28. The van der Waals surface area contributed by atoms with E-state index < -0.39 is 6.10 Å². The van der Waals surface area contributed by atoms with Crippen molar-refractivity contribution in [1.29, 1.82) is 0 Å². The van der Waals surface area contributed by atoms with E-state index in [1.54, 1.807) is 14.2 Å². The second kappa shape index (κ2) is 7.62. The van der Waals surface area contributed by atoms with Crippen molar-refractivity contribution in [3.05, 3.63) is 29.8 Å². The number of aliphatic hydroxyl groups is 1. The maximum atomic E-state index is 10.2. The molecule has 0 aliphatic heterocycles. The minimum absolute atomic E-state index is 0.204. The monoisotopic (exact) mass is 282 g/mol. The van der Waals surface area contributed by atoms with Crippen LogP contribution in [0, 0.1) is 0 Å². The van der Waals surface area contributed by atoms with Crippen LogP contribution in [0.25, 0.3) is 0 Å². The van der Waals surface area contributed by atoms with Gasteiger partial charge in [-0.15, -0.1) is 0 Å². The Labute approximate surface area is 121 Å². The zero-order valence-corrected chi connectivity index (χ0v) is 13.1. The second-order valence-electron chi connectivity index (χ2n) is 5.51. The minimum Gasteiger partial charge on any atom is -0.497 e. The first-order chi connectivity index (χ1) is 9.39. The third-order valence-corrected chi connectivity index (χ3v) is 3.54. The van der Waals surface area contributed by atoms with Gasteiger partial charge in [-0.2, -0.15) is 0 Å². The molecule has 1 rings (SSSR count). The molecule has 0 radical (unpaired) electrons. The molecule has 1 N–H and O–H groups in total. The van der Waals surface area contributed by atoms with Gasteiger partial charge in [0.25, 0.3) is 0 Å². The summed E-state index contributed by atoms with van der Waals surface area (Å²) >= 11 is 0. The molecule has 0 aliphatic carbocycles. The molecule has 1 aromatic carbocycles. The van der Waals surface area contributed by atoms with Crippen LogP contribution in [0.2, 0.25) is 0 Å². The van der Waals surface area contributed by atoms with Gasteiger partial charge >= 0.3 is 0 Å². The van der Waals surface area contributed by atoms with E-state index in [-0.39, 0.29) is 11.7 Å². The number of benzene rings is 1. The molecule has 2 unspecified atom stereocenters. The molecule has 4 heteroatoms. The van der Waals surface area contributed by atoms with Gasteiger partial charge in [0.1, 0.15) is 11.9 Å². The van der Waals surface area contributed by atoms with Crippen molar-refractivity contribution in [2.24, 2.45) is 0 Å². The van der Waals surface area contributed by atoms with E-state index in [9.17, 15) is 5.11 Å². The standard InChI is InChI=1S/C16H26O4/c1-12(20-11-10-16(2,3)19-5)15(17)13-6-8-14(18-4)9-7-13/h6-9,12,15,17H,10-11H2,1-5H3. The molecule has 1 aromatic rings. The summed E-state index contributed by atoms with van der Waals surface area (Å²) in [5.41, 5.74) is 0.620. The van der Waals surface area contributed by atoms with E-state index in [4.69, 9.17) is 14.2 Å². The van der Waals surface area contributed by atoms with E-state index in [0.29, 0.717) is 6.61 Å². The van der Waals surface area contributed by atoms with Gasteiger partial charge in [-0.25, -0.2) is 0 Å². The van der Waals surface area contributed by atoms with Gasteiger partial charge in [0.05, 0.1) is 18.8 Å². The van der Waals surface area contributed by atoms with Crippen LogP contribution in [0.5, 0.6) is 5.75 Å². The van der Waals surface area contributed by atoms with Crippen LogP contribution >= 0.6 is 0 Å². The van der Waals surface area contributed by atoms with Gasteiger partial charge < -0.3 is 19.3 Å². The van der Waals surface area contributed by atoms with Crippen molar-refractivity contribution in [2.45, 2.75) is 45.0 Å². The highest BCUT2D eigenvalue weighted by Gasteiger charge is 2.20. The number of methoxy groups -OCH3 is 2. The lowest BCUT2D eigenvalue weighted by molar-refractivity contribution is -0.0581. The third-order valence-electron chi connectivity index (χ3n) is 3.54. The average Bonchev–Trinajstić information content (AvgIpc) is 2.46. The largest absolute Gasteiger partial charge is 0.497 e. The Morgan fingerprint density at radius 3 is 2.25 bits per heavy atom. The van der Waals surface area contributed by atoms with E-state index in [1.165, 1.54) is 0 Å². The molecule has 0 aromatic heterocycles. The first-order valence-corrected chi connectivity index (χ1v) is 6.88. The molecule has 20 heavy (non-hydrogen) atoms. The van der Waals surface area contributed by atoms with E-state index >= 15 is 0 Å². The molecule has 0 saturated carbocycles. The summed E-state index contributed by atoms with van der Waals surface area (Å²) in [6, 6.07) is 7.36. The molecule has 4 nitrogen and oxygen atoms in total. The number of aliphatic hydroxyl groups excluding tert-OH is 1. The van der Waals surface area contributed by atoms with E-state index in [0.717, 1.165) is 17.7 Å². The Morgan fingerprint density at radius 1 is 1.15 bits per heavy atom. The number of hydrogen-bond acceptors (Lipinski definition) is 4. The van der Waals surface area contributed by atoms with Crippen LogP contribution < -0.4 is 4.74 Å². The number of rotatable bonds is 8. The normalized spacial score (nSPS) is 14.9. The van der Waals surface area contributed by atoms with Gasteiger partial charge in [-0.3, -0.25) is 0 Å². The lowest BCUT2D eigenvalue weighted by atomic mass is 10.0. The highest BCUT2D eigenvalue weighted by atomic mass is 16.5. The first kappa shape index (κ1) is 17.0. The summed E-state index contributed by atoms with van der Waals surface area (Å²) in [7, 11) is 3.31. The Hall–Kier alpha value is -1.10. The fourth-order valence-corrected chi connectivity index (χ4v) is 1.76. The molecular weight excluding hydrogens is 256 g/mol. The van der Waals surface area contributed by atoms with Crippen molar-refractivity contribution in [3.63, 3.8) is 0 Å². The molecule has 0 saturated heterocycles. The molecule has 0 amide bonds. The molecule has 114 valence electrons. The summed E-state index contributed by atoms with van der Waals surface area (Å²) in [6.07, 6.45) is -0.133. The third kappa shape index (κ3) is 5.12. The van der Waals surface area contributed by atoms with Crippen molar-refractivity contribution >= 4 is 0 Å². The second-order valence-corrected chi connectivity index (χ2v) is 5.51. The SMILES string of the molecule is COc1ccc(C(O)C(C)OCCC(C)(C)OC)cc1. The van der Waals surface area contributed by atoms with Crippen LogP contribution in [0.3, 0.4) is 0 Å². The van der Waals surface area contributed by atoms with Crippen LogP contribution in [0.1, 0.15) is 38.9 Å². The Kier molecular flexibility index (Phi) is 6.46. The van der Waals surface area contributed by atoms with Gasteiger partial charge in [0, 0.05) is 13.7 Å². The van der Waals surface area contributed by atoms with Gasteiger partial charge in [0.15, 0.2) is 0 Å². The molecule has 0 spiro atoms. The van der Waals surface area contributed by atoms with Crippen LogP contribution in [-0.2, 0) is 9.47 Å². The maximum absolute atomic E-state index is 10.2. The summed E-state index contributed by atoms with van der Waals surface area (Å²) < 4.78 is 16.1. The minimum atomic E-state index is -0.647. The molecule has 2 atom stereocenters. The molecule has 0 heterocycles. The zero-order valence-electron chi connectivity index (χ0n) is 13.1. The van der Waals surface area contributed by atoms with Gasteiger partial charge in [-0.05, 0) is 44.9 Å². The van der Waals surface area contributed by atoms with Crippen molar-refractivity contribution in [3.8, 4) is 5.75 Å². The van der Waals surface area contributed by atoms with Crippen molar-refractivity contribution in [1.82, 2.24) is 0 Å². The first-order valence-electron chi connectivity index (χ1n) is 6.88. The van der Waals surface area contributed by atoms with Gasteiger partial charge in [0.2, 0.25) is 0 Å². The fourth-order valence-electron chi connectivity index (χ4n) is 1.76. The lowest BCUT2D eigenvalue weighted by Crippen LogP contribution is -2.27. The molecule has 0 fully saturated rings. The molecule has 0 bridgehead atoms. The van der Waals surface area contributed by atoms with Crippen LogP contribution in [0.4, 0.5) is 0 Å². The summed E-state index contributed by atoms with van der Waals surface area (Å²) in [6.45, 7) is 6.45. The highest BCUT2D eigenvalue weighted by Crippen LogP contribution is 2.22.